The third kappa shape index (κ3) is 4.13. The van der Waals surface area contributed by atoms with Gasteiger partial charge in [0.25, 0.3) is 5.91 Å². The van der Waals surface area contributed by atoms with Gasteiger partial charge in [0, 0.05) is 7.05 Å². The summed E-state index contributed by atoms with van der Waals surface area (Å²) >= 11 is 5.80. The SMILES string of the molecule is COc1cccc(Cn2nc(C)c(NC(=O)c3nn(C)c(C(F)(F)F)c3Cl)c2C)c1. The van der Waals surface area contributed by atoms with Crippen LogP contribution in [-0.4, -0.2) is 32.6 Å². The molecule has 0 aliphatic heterocycles. The number of aromatic nitrogens is 4. The Morgan fingerprint density at radius 3 is 2.57 bits per heavy atom. The number of anilines is 1. The molecule has 2 aromatic heterocycles. The Morgan fingerprint density at radius 2 is 1.97 bits per heavy atom. The number of hydrogen-bond acceptors (Lipinski definition) is 4. The highest BCUT2D eigenvalue weighted by Crippen LogP contribution is 2.36. The molecule has 30 heavy (non-hydrogen) atoms. The number of aryl methyl sites for hydroxylation is 2. The number of methoxy groups -OCH3 is 1. The second-order valence-corrected chi connectivity index (χ2v) is 7.02. The van der Waals surface area contributed by atoms with Crippen molar-refractivity contribution in [2.24, 2.45) is 7.05 Å². The summed E-state index contributed by atoms with van der Waals surface area (Å²) in [5, 5.41) is 9.89. The molecule has 1 amide bonds. The van der Waals surface area contributed by atoms with Crippen LogP contribution in [0.1, 0.15) is 33.1 Å². The van der Waals surface area contributed by atoms with Gasteiger partial charge < -0.3 is 10.1 Å². The zero-order valence-electron chi connectivity index (χ0n) is 16.6. The Hall–Kier alpha value is -3.01. The van der Waals surface area contributed by atoms with Crippen LogP contribution in [-0.2, 0) is 19.8 Å². The molecule has 0 saturated carbocycles. The lowest BCUT2D eigenvalue weighted by Crippen LogP contribution is -2.15. The van der Waals surface area contributed by atoms with Gasteiger partial charge in [-0.1, -0.05) is 23.7 Å². The molecule has 0 bridgehead atoms. The highest BCUT2D eigenvalue weighted by Gasteiger charge is 2.40. The van der Waals surface area contributed by atoms with Gasteiger partial charge in [-0.2, -0.15) is 23.4 Å². The lowest BCUT2D eigenvalue weighted by Gasteiger charge is -2.08. The summed E-state index contributed by atoms with van der Waals surface area (Å²) in [6.45, 7) is 3.85. The molecule has 0 radical (unpaired) electrons. The molecule has 3 rings (SSSR count). The highest BCUT2D eigenvalue weighted by molar-refractivity contribution is 6.34. The molecule has 0 atom stereocenters. The highest BCUT2D eigenvalue weighted by atomic mass is 35.5. The van der Waals surface area contributed by atoms with E-state index in [1.165, 1.54) is 0 Å². The van der Waals surface area contributed by atoms with Crippen molar-refractivity contribution in [1.82, 2.24) is 19.6 Å². The summed E-state index contributed by atoms with van der Waals surface area (Å²) in [6.07, 6.45) is -4.73. The molecule has 1 aromatic carbocycles. The zero-order valence-corrected chi connectivity index (χ0v) is 17.4. The summed E-state index contributed by atoms with van der Waals surface area (Å²) < 4.78 is 46.8. The van der Waals surface area contributed by atoms with E-state index in [4.69, 9.17) is 16.3 Å². The van der Waals surface area contributed by atoms with Gasteiger partial charge in [-0.3, -0.25) is 14.2 Å². The third-order valence-corrected chi connectivity index (χ3v) is 4.92. The van der Waals surface area contributed by atoms with Crippen molar-refractivity contribution >= 4 is 23.2 Å². The number of ether oxygens (including phenoxy) is 1. The average Bonchev–Trinajstić information content (AvgIpc) is 3.11. The van der Waals surface area contributed by atoms with Gasteiger partial charge in [0.15, 0.2) is 11.4 Å². The summed E-state index contributed by atoms with van der Waals surface area (Å²) in [6, 6.07) is 7.44. The second kappa shape index (κ2) is 8.02. The van der Waals surface area contributed by atoms with Crippen LogP contribution in [0.3, 0.4) is 0 Å². The van der Waals surface area contributed by atoms with Gasteiger partial charge in [-0.15, -0.1) is 0 Å². The molecule has 0 saturated heterocycles. The van der Waals surface area contributed by atoms with Crippen LogP contribution in [0.15, 0.2) is 24.3 Å². The Balaban J connectivity index is 1.87. The van der Waals surface area contributed by atoms with Crippen molar-refractivity contribution in [2.45, 2.75) is 26.6 Å². The first-order chi connectivity index (χ1) is 14.0. The summed E-state index contributed by atoms with van der Waals surface area (Å²) in [4.78, 5) is 12.6. The topological polar surface area (TPSA) is 74.0 Å². The number of alkyl halides is 3. The van der Waals surface area contributed by atoms with Gasteiger partial charge in [-0.05, 0) is 31.5 Å². The van der Waals surface area contributed by atoms with E-state index in [9.17, 15) is 18.0 Å². The molecule has 160 valence electrons. The monoisotopic (exact) mass is 441 g/mol. The van der Waals surface area contributed by atoms with Crippen LogP contribution in [0.2, 0.25) is 5.02 Å². The number of carbonyl (C=O) groups excluding carboxylic acids is 1. The maximum atomic E-state index is 13.1. The summed E-state index contributed by atoms with van der Waals surface area (Å²) in [5.74, 6) is -0.147. The lowest BCUT2D eigenvalue weighted by atomic mass is 10.2. The molecule has 0 aliphatic rings. The first-order valence-corrected chi connectivity index (χ1v) is 9.18. The quantitative estimate of drug-likeness (QED) is 0.643. The fraction of sp³-hybridized carbons (Fsp3) is 0.316. The largest absolute Gasteiger partial charge is 0.497 e. The van der Waals surface area contributed by atoms with E-state index < -0.39 is 28.5 Å². The lowest BCUT2D eigenvalue weighted by molar-refractivity contribution is -0.143. The Kier molecular flexibility index (Phi) is 5.80. The molecule has 11 heteroatoms. The van der Waals surface area contributed by atoms with Crippen LogP contribution in [0.5, 0.6) is 5.75 Å². The maximum absolute atomic E-state index is 13.1. The summed E-state index contributed by atoms with van der Waals surface area (Å²) in [5.41, 5.74) is 0.763. The number of nitrogens with zero attached hydrogens (tertiary/aromatic N) is 4. The molecule has 2 heterocycles. The van der Waals surface area contributed by atoms with E-state index in [0.717, 1.165) is 12.6 Å². The van der Waals surface area contributed by atoms with Crippen molar-refractivity contribution in [3.63, 3.8) is 0 Å². The van der Waals surface area contributed by atoms with Crippen molar-refractivity contribution in [3.05, 3.63) is 57.6 Å². The third-order valence-electron chi connectivity index (χ3n) is 4.56. The Labute approximate surface area is 175 Å². The average molecular weight is 442 g/mol. The van der Waals surface area contributed by atoms with Crippen LogP contribution >= 0.6 is 11.6 Å². The Bertz CT molecular complexity index is 1100. The minimum atomic E-state index is -4.73. The smallest absolute Gasteiger partial charge is 0.434 e. The molecule has 7 nitrogen and oxygen atoms in total. The number of carbonyl (C=O) groups is 1. The van der Waals surface area contributed by atoms with Crippen LogP contribution in [0.4, 0.5) is 18.9 Å². The van der Waals surface area contributed by atoms with Gasteiger partial charge in [0.2, 0.25) is 0 Å². The van der Waals surface area contributed by atoms with Crippen molar-refractivity contribution in [1.29, 1.82) is 0 Å². The first kappa shape index (κ1) is 21.7. The minimum Gasteiger partial charge on any atom is -0.497 e. The summed E-state index contributed by atoms with van der Waals surface area (Å²) in [7, 11) is 2.65. The number of rotatable bonds is 5. The fourth-order valence-electron chi connectivity index (χ4n) is 3.10. The van der Waals surface area contributed by atoms with Crippen LogP contribution in [0, 0.1) is 13.8 Å². The van der Waals surface area contributed by atoms with Gasteiger partial charge >= 0.3 is 6.18 Å². The number of nitrogens with one attached hydrogen (secondary N) is 1. The predicted octanol–water partition coefficient (Wildman–Crippen LogP) is 4.21. The van der Waals surface area contributed by atoms with Crippen LogP contribution in [0.25, 0.3) is 0 Å². The molecule has 0 aliphatic carbocycles. The first-order valence-electron chi connectivity index (χ1n) is 8.81. The van der Waals surface area contributed by atoms with E-state index in [0.29, 0.717) is 34.1 Å². The molecule has 0 spiro atoms. The van der Waals surface area contributed by atoms with E-state index in [1.807, 2.05) is 24.3 Å². The van der Waals surface area contributed by atoms with Crippen LogP contribution < -0.4 is 10.1 Å². The van der Waals surface area contributed by atoms with E-state index in [2.05, 4.69) is 15.5 Å². The van der Waals surface area contributed by atoms with Crippen molar-refractivity contribution < 1.29 is 22.7 Å². The molecule has 0 fully saturated rings. The van der Waals surface area contributed by atoms with Crippen molar-refractivity contribution in [2.75, 3.05) is 12.4 Å². The number of amides is 1. The standard InChI is InChI=1S/C19H19ClF3N5O2/c1-10-15(11(2)28(25-10)9-12-6-5-7-13(8-12)30-4)24-18(29)16-14(20)17(19(21,22)23)27(3)26-16/h5-8H,9H2,1-4H3,(H,24,29). The number of halogens is 4. The second-order valence-electron chi connectivity index (χ2n) is 6.64. The molecule has 3 aromatic rings. The van der Waals surface area contributed by atoms with E-state index in [1.54, 1.807) is 25.6 Å². The fourth-order valence-corrected chi connectivity index (χ4v) is 3.45. The zero-order chi connectivity index (χ0) is 22.2. The molecular formula is C19H19ClF3N5O2. The van der Waals surface area contributed by atoms with Gasteiger partial charge in [-0.25, -0.2) is 0 Å². The van der Waals surface area contributed by atoms with Gasteiger partial charge in [0.05, 0.1) is 30.7 Å². The Morgan fingerprint density at radius 1 is 1.27 bits per heavy atom. The molecule has 1 N–H and O–H groups in total. The number of benzene rings is 1. The molecular weight excluding hydrogens is 423 g/mol. The van der Waals surface area contributed by atoms with Crippen molar-refractivity contribution in [3.8, 4) is 5.75 Å². The molecule has 0 unspecified atom stereocenters. The number of hydrogen-bond donors (Lipinski definition) is 1. The van der Waals surface area contributed by atoms with Gasteiger partial charge in [0.1, 0.15) is 10.8 Å². The maximum Gasteiger partial charge on any atom is 0.434 e. The normalized spacial score (nSPS) is 11.6. The van der Waals surface area contributed by atoms with E-state index in [-0.39, 0.29) is 0 Å². The minimum absolute atomic E-state index is 0.387. The predicted molar refractivity (Wildman–Crippen MR) is 105 cm³/mol. The van der Waals surface area contributed by atoms with E-state index >= 15 is 0 Å².